The van der Waals surface area contributed by atoms with E-state index in [9.17, 15) is 0 Å². The van der Waals surface area contributed by atoms with E-state index in [1.165, 1.54) is 61.4 Å². The summed E-state index contributed by atoms with van der Waals surface area (Å²) in [6.45, 7) is 41.9. The maximum atomic E-state index is 5.21. The molecule has 0 amide bonds. The molecule has 10 heteroatoms. The molecular weight excluding hydrogens is 1040 g/mol. The highest BCUT2D eigenvalue weighted by atomic mass is 32.1. The van der Waals surface area contributed by atoms with Gasteiger partial charge in [0, 0.05) is 66.0 Å². The Labute approximate surface area is 497 Å². The summed E-state index contributed by atoms with van der Waals surface area (Å²) >= 11 is 3.35. The fraction of sp³-hybridized carbons (Fsp3) is 0.319. The van der Waals surface area contributed by atoms with Crippen LogP contribution < -0.4 is 20.9 Å². The molecule has 0 aliphatic carbocycles. The van der Waals surface area contributed by atoms with Crippen LogP contribution in [0.5, 0.6) is 0 Å². The molecule has 424 valence electrons. The Kier molecular flexibility index (Phi) is 19.0. The van der Waals surface area contributed by atoms with E-state index in [1.54, 1.807) is 22.7 Å². The van der Waals surface area contributed by atoms with Gasteiger partial charge >= 0.3 is 0 Å². The highest BCUT2D eigenvalue weighted by Crippen LogP contribution is 2.37. The first kappa shape index (κ1) is 59.3. The molecule has 2 aliphatic heterocycles. The minimum atomic E-state index is 0.0983. The zero-order chi connectivity index (χ0) is 58.2. The van der Waals surface area contributed by atoms with Crippen LogP contribution >= 0.6 is 22.7 Å². The lowest BCUT2D eigenvalue weighted by Gasteiger charge is -2.32. The average Bonchev–Trinajstić information content (AvgIpc) is 4.33. The topological polar surface area (TPSA) is 81.2 Å². The number of aromatic nitrogens is 3. The smallest absolute Gasteiger partial charge is 0.188 e. The van der Waals surface area contributed by atoms with Gasteiger partial charge in [0.1, 0.15) is 5.82 Å². The molecule has 2 aliphatic rings. The summed E-state index contributed by atoms with van der Waals surface area (Å²) in [5.74, 6) is 2.14. The average molecular weight is 1130 g/mol. The van der Waals surface area contributed by atoms with Crippen LogP contribution in [-0.2, 0) is 19.4 Å². The van der Waals surface area contributed by atoms with Crippen LogP contribution in [0.1, 0.15) is 129 Å². The first-order valence-electron chi connectivity index (χ1n) is 29.1. The van der Waals surface area contributed by atoms with Crippen molar-refractivity contribution in [3.8, 4) is 21.6 Å². The lowest BCUT2D eigenvalue weighted by Crippen LogP contribution is -2.37. The van der Waals surface area contributed by atoms with Crippen molar-refractivity contribution in [1.82, 2.24) is 30.5 Å². The molecule has 10 rings (SSSR count). The molecule has 5 atom stereocenters. The van der Waals surface area contributed by atoms with Crippen LogP contribution in [0.4, 0.5) is 10.9 Å². The number of pyridine rings is 1. The van der Waals surface area contributed by atoms with E-state index in [0.717, 1.165) is 112 Å². The molecule has 1 fully saturated rings. The molecule has 0 saturated carbocycles. The molecule has 8 aromatic rings. The molecule has 0 radical (unpaired) electrons. The van der Waals surface area contributed by atoms with Crippen LogP contribution in [0.3, 0.4) is 0 Å². The number of benzene rings is 5. The number of aryl methyl sites for hydroxylation is 1. The molecular formula is C72H84N8S2. The minimum absolute atomic E-state index is 0.0983. The van der Waals surface area contributed by atoms with Gasteiger partial charge in [-0.3, -0.25) is 4.90 Å². The number of allylic oxidation sites excluding steroid dienone is 1. The summed E-state index contributed by atoms with van der Waals surface area (Å²) in [4.78, 5) is 20.4. The summed E-state index contributed by atoms with van der Waals surface area (Å²) in [6.07, 6.45) is 8.87. The molecule has 3 aromatic heterocycles. The predicted octanol–water partition coefficient (Wildman–Crippen LogP) is 17.8. The molecule has 1 saturated heterocycles. The SMILES string of the molecule is C=C(NC(C)c1ccc(-c2scnc2C)cc1)C1CC(C)CN1C.C=Cc1nc(N2CCc3cccc(C(=C)Nc4nc5ccccc5s4)c3C2)ccc1-c1cccc(Cc2ccc(C(C)CCC(=C)NC(C=C)C(C)(C)C)cc2)c1C. The number of rotatable bonds is 20. The number of fused-ring (bicyclic) bond motifs is 2. The van der Waals surface area contributed by atoms with E-state index in [-0.39, 0.29) is 17.5 Å². The van der Waals surface area contributed by atoms with Crippen LogP contribution in [0.2, 0.25) is 0 Å². The van der Waals surface area contributed by atoms with Gasteiger partial charge in [0.2, 0.25) is 0 Å². The normalized spacial score (nSPS) is 16.3. The molecule has 82 heavy (non-hydrogen) atoms. The standard InChI is InChI=1S/C52H57N5S.C20H27N3S/c1-10-46-44(42-18-15-17-41(36(42)5)32-38-24-26-39(27-25-38)34(3)22-23-35(4)53-49(11-2)52(7,8)9)28-29-50(55-46)57-31-30-40-16-14-19-43(45(40)33-57)37(6)54-51-56-47-20-12-13-21-48(47)58-51;1-13-10-19(23(5)11-13)15(3)22-14(2)17-6-8-18(9-7-17)20-16(4)21-12-24-20/h10-21,24-29,34,49,53H,1-2,4,6,22-23,30-33H2,3,5,7-9H3,(H,54,56);6-9,12-14,19,22H,3,10-11H2,1-2,4-5H3. The van der Waals surface area contributed by atoms with Gasteiger partial charge in [-0.2, -0.15) is 0 Å². The van der Waals surface area contributed by atoms with Gasteiger partial charge in [-0.15, -0.1) is 17.9 Å². The van der Waals surface area contributed by atoms with E-state index in [0.29, 0.717) is 12.0 Å². The zero-order valence-corrected chi connectivity index (χ0v) is 51.5. The van der Waals surface area contributed by atoms with Crippen molar-refractivity contribution < 1.29 is 0 Å². The third-order valence-corrected chi connectivity index (χ3v) is 18.6. The molecule has 0 bridgehead atoms. The van der Waals surface area contributed by atoms with Gasteiger partial charge in [0.05, 0.1) is 32.0 Å². The van der Waals surface area contributed by atoms with Gasteiger partial charge in [-0.1, -0.05) is 175 Å². The number of anilines is 2. The van der Waals surface area contributed by atoms with E-state index in [1.807, 2.05) is 35.9 Å². The summed E-state index contributed by atoms with van der Waals surface area (Å²) in [6, 6.07) is 44.7. The van der Waals surface area contributed by atoms with Crippen molar-refractivity contribution in [3.63, 3.8) is 0 Å². The van der Waals surface area contributed by atoms with E-state index in [4.69, 9.17) is 9.97 Å². The third-order valence-electron chi connectivity index (χ3n) is 16.6. The van der Waals surface area contributed by atoms with Crippen molar-refractivity contribution in [1.29, 1.82) is 0 Å². The first-order chi connectivity index (χ1) is 39.4. The molecule has 5 unspecified atom stereocenters. The number of likely N-dealkylation sites (tertiary alicyclic amines) is 1. The number of nitrogens with one attached hydrogen (secondary N) is 3. The van der Waals surface area contributed by atoms with E-state index in [2.05, 4.69) is 229 Å². The van der Waals surface area contributed by atoms with Crippen LogP contribution in [0, 0.1) is 25.2 Å². The van der Waals surface area contributed by atoms with Crippen molar-refractivity contribution in [2.45, 2.75) is 118 Å². The summed E-state index contributed by atoms with van der Waals surface area (Å²) in [5.41, 5.74) is 21.9. The number of thiazole rings is 2. The number of hydrogen-bond acceptors (Lipinski definition) is 10. The van der Waals surface area contributed by atoms with Gasteiger partial charge in [-0.05, 0) is 158 Å². The lowest BCUT2D eigenvalue weighted by atomic mass is 9.86. The largest absolute Gasteiger partial charge is 0.382 e. The highest BCUT2D eigenvalue weighted by molar-refractivity contribution is 7.22. The number of para-hydroxylation sites is 1. The Bertz CT molecular complexity index is 3530. The second kappa shape index (κ2) is 26.3. The van der Waals surface area contributed by atoms with Crippen molar-refractivity contribution in [2.24, 2.45) is 11.3 Å². The Morgan fingerprint density at radius 1 is 0.829 bits per heavy atom. The van der Waals surface area contributed by atoms with Gasteiger partial charge in [0.25, 0.3) is 0 Å². The molecule has 5 aromatic carbocycles. The zero-order valence-electron chi connectivity index (χ0n) is 49.9. The lowest BCUT2D eigenvalue weighted by molar-refractivity contribution is 0.326. The molecule has 5 heterocycles. The van der Waals surface area contributed by atoms with Crippen molar-refractivity contribution in [3.05, 3.63) is 233 Å². The Hall–Kier alpha value is -7.37. The molecule has 8 nitrogen and oxygen atoms in total. The Morgan fingerprint density at radius 3 is 2.26 bits per heavy atom. The summed E-state index contributed by atoms with van der Waals surface area (Å²) in [7, 11) is 2.19. The van der Waals surface area contributed by atoms with Crippen LogP contribution in [0.15, 0.2) is 177 Å². The van der Waals surface area contributed by atoms with Gasteiger partial charge in [-0.25, -0.2) is 15.0 Å². The number of likely N-dealkylation sites (N-methyl/N-ethyl adjacent to an activating group) is 1. The molecule has 0 spiro atoms. The summed E-state index contributed by atoms with van der Waals surface area (Å²) < 4.78 is 1.16. The van der Waals surface area contributed by atoms with Crippen LogP contribution in [0.25, 0.3) is 43.6 Å². The maximum absolute atomic E-state index is 5.21. The fourth-order valence-electron chi connectivity index (χ4n) is 11.7. The Morgan fingerprint density at radius 2 is 1.57 bits per heavy atom. The Balaban J connectivity index is 0.000000280. The quantitative estimate of drug-likeness (QED) is 0.0652. The second-order valence-corrected chi connectivity index (χ2v) is 25.7. The minimum Gasteiger partial charge on any atom is -0.382 e. The van der Waals surface area contributed by atoms with Crippen molar-refractivity contribution in [2.75, 3.05) is 30.4 Å². The number of hydrogen-bond donors (Lipinski definition) is 3. The first-order valence-corrected chi connectivity index (χ1v) is 30.8. The fourth-order valence-corrected chi connectivity index (χ4v) is 13.4. The van der Waals surface area contributed by atoms with Gasteiger partial charge in [0.15, 0.2) is 5.13 Å². The van der Waals surface area contributed by atoms with E-state index < -0.39 is 0 Å². The molecule has 3 N–H and O–H groups in total. The highest BCUT2D eigenvalue weighted by Gasteiger charge is 2.30. The van der Waals surface area contributed by atoms with E-state index >= 15 is 0 Å². The second-order valence-electron chi connectivity index (χ2n) is 23.9. The van der Waals surface area contributed by atoms with Gasteiger partial charge < -0.3 is 20.9 Å². The third kappa shape index (κ3) is 14.1. The maximum Gasteiger partial charge on any atom is 0.188 e. The predicted molar refractivity (Wildman–Crippen MR) is 354 cm³/mol. The van der Waals surface area contributed by atoms with Crippen molar-refractivity contribution >= 4 is 55.6 Å². The summed E-state index contributed by atoms with van der Waals surface area (Å²) in [5, 5.41) is 11.6. The number of nitrogens with zero attached hydrogens (tertiary/aromatic N) is 5. The van der Waals surface area contributed by atoms with Crippen LogP contribution in [-0.4, -0.2) is 52.1 Å². The monoisotopic (exact) mass is 1120 g/mol.